The maximum atomic E-state index is 13.2. The molecule has 2 N–H and O–H groups in total. The van der Waals surface area contributed by atoms with Crippen LogP contribution < -0.4 is 5.32 Å². The van der Waals surface area contributed by atoms with Crippen LogP contribution in [0.3, 0.4) is 0 Å². The van der Waals surface area contributed by atoms with Gasteiger partial charge in [0.05, 0.1) is 5.92 Å². The second kappa shape index (κ2) is 8.51. The van der Waals surface area contributed by atoms with Crippen molar-refractivity contribution in [2.24, 2.45) is 5.92 Å². The van der Waals surface area contributed by atoms with Crippen molar-refractivity contribution in [2.45, 2.75) is 24.3 Å². The van der Waals surface area contributed by atoms with Gasteiger partial charge >= 0.3 is 12.1 Å². The van der Waals surface area contributed by atoms with E-state index >= 15 is 0 Å². The summed E-state index contributed by atoms with van der Waals surface area (Å²) in [5, 5.41) is 11.9. The molecular formula is C25H26N2O6. The predicted molar refractivity (Wildman–Crippen MR) is 119 cm³/mol. The molecule has 2 aromatic carbocycles. The molecule has 5 rings (SSSR count). The Kier molecular flexibility index (Phi) is 5.54. The Labute approximate surface area is 191 Å². The van der Waals surface area contributed by atoms with E-state index in [0.29, 0.717) is 26.1 Å². The highest BCUT2D eigenvalue weighted by molar-refractivity contribution is 5.92. The quantitative estimate of drug-likeness (QED) is 0.726. The van der Waals surface area contributed by atoms with Gasteiger partial charge in [-0.1, -0.05) is 48.5 Å². The number of carboxylic acids is 1. The molecule has 0 unspecified atom stereocenters. The first-order valence-corrected chi connectivity index (χ1v) is 11.2. The van der Waals surface area contributed by atoms with E-state index in [2.05, 4.69) is 17.4 Å². The van der Waals surface area contributed by atoms with Crippen molar-refractivity contribution < 1.29 is 29.0 Å². The van der Waals surface area contributed by atoms with Gasteiger partial charge in [0.1, 0.15) is 12.1 Å². The van der Waals surface area contributed by atoms with Crippen molar-refractivity contribution in [1.29, 1.82) is 0 Å². The Morgan fingerprint density at radius 3 is 2.15 bits per heavy atom. The number of nitrogens with one attached hydrogen (secondary N) is 1. The summed E-state index contributed by atoms with van der Waals surface area (Å²) in [5.74, 6) is -1.81. The molecule has 0 atom stereocenters. The zero-order valence-corrected chi connectivity index (χ0v) is 18.2. The van der Waals surface area contributed by atoms with Gasteiger partial charge in [-0.05, 0) is 22.3 Å². The van der Waals surface area contributed by atoms with E-state index in [4.69, 9.17) is 14.6 Å². The molecule has 2 saturated heterocycles. The minimum atomic E-state index is -1.13. The minimum absolute atomic E-state index is 0.0730. The molecule has 0 aromatic heterocycles. The lowest BCUT2D eigenvalue weighted by molar-refractivity contribution is -0.158. The van der Waals surface area contributed by atoms with Crippen LogP contribution in [0, 0.1) is 5.92 Å². The first-order chi connectivity index (χ1) is 16.0. The number of likely N-dealkylation sites (tertiary alicyclic amines) is 1. The molecule has 8 heteroatoms. The molecule has 33 heavy (non-hydrogen) atoms. The van der Waals surface area contributed by atoms with Crippen molar-refractivity contribution >= 4 is 18.0 Å². The first kappa shape index (κ1) is 21.5. The molecule has 0 spiro atoms. The van der Waals surface area contributed by atoms with E-state index in [1.54, 1.807) is 0 Å². The number of carboxylic acid groups (broad SMARTS) is 1. The molecule has 2 fully saturated rings. The normalized spacial score (nSPS) is 19.2. The highest BCUT2D eigenvalue weighted by Crippen LogP contribution is 2.44. The van der Waals surface area contributed by atoms with Crippen molar-refractivity contribution in [3.05, 3.63) is 59.7 Å². The number of carbonyl (C=O) groups excluding carboxylic acids is 2. The van der Waals surface area contributed by atoms with E-state index < -0.39 is 23.5 Å². The summed E-state index contributed by atoms with van der Waals surface area (Å²) in [6, 6.07) is 16.2. The molecule has 0 bridgehead atoms. The van der Waals surface area contributed by atoms with E-state index in [1.807, 2.05) is 36.4 Å². The van der Waals surface area contributed by atoms with Crippen molar-refractivity contribution in [3.63, 3.8) is 0 Å². The first-order valence-electron chi connectivity index (χ1n) is 11.2. The van der Waals surface area contributed by atoms with Crippen molar-refractivity contribution in [2.75, 3.05) is 32.9 Å². The standard InChI is InChI=1S/C25H26N2O6/c28-22(29)16-13-27(14-16)23(30)25(9-11-32-12-10-25)26-24(31)33-15-21-19-7-3-1-5-17(19)18-6-2-4-8-20(18)21/h1-8,16,21H,9-15H2,(H,26,31)(H,28,29). The SMILES string of the molecule is O=C(NC1(C(=O)N2CC(C(=O)O)C2)CCOCC1)OCC1c2ccccc2-c2ccccc21. The van der Waals surface area contributed by atoms with Crippen LogP contribution >= 0.6 is 0 Å². The lowest BCUT2D eigenvalue weighted by Gasteiger charge is -2.45. The highest BCUT2D eigenvalue weighted by Gasteiger charge is 2.48. The third-order valence-corrected chi connectivity index (χ3v) is 6.96. The lowest BCUT2D eigenvalue weighted by Crippen LogP contribution is -2.66. The molecule has 8 nitrogen and oxygen atoms in total. The average molecular weight is 450 g/mol. The summed E-state index contributed by atoms with van der Waals surface area (Å²) in [6.07, 6.45) is -0.00318. The maximum absolute atomic E-state index is 13.2. The molecule has 2 aliphatic heterocycles. The Hall–Kier alpha value is -3.39. The number of hydrogen-bond donors (Lipinski definition) is 2. The minimum Gasteiger partial charge on any atom is -0.481 e. The number of nitrogens with zero attached hydrogens (tertiary/aromatic N) is 1. The molecule has 2 aromatic rings. The molecule has 0 saturated carbocycles. The lowest BCUT2D eigenvalue weighted by atomic mass is 9.86. The fourth-order valence-electron chi connectivity index (χ4n) is 5.05. The van der Waals surface area contributed by atoms with Crippen molar-refractivity contribution in [1.82, 2.24) is 10.2 Å². The van der Waals surface area contributed by atoms with Gasteiger partial charge in [0.15, 0.2) is 0 Å². The van der Waals surface area contributed by atoms with E-state index in [9.17, 15) is 14.4 Å². The number of alkyl carbamates (subject to hydrolysis) is 1. The zero-order chi connectivity index (χ0) is 23.0. The summed E-state index contributed by atoms with van der Waals surface area (Å²) in [7, 11) is 0. The summed E-state index contributed by atoms with van der Waals surface area (Å²) in [4.78, 5) is 38.7. The number of carbonyl (C=O) groups is 3. The van der Waals surface area contributed by atoms with Gasteiger partial charge in [-0.25, -0.2) is 4.79 Å². The van der Waals surface area contributed by atoms with Gasteiger partial charge in [-0.15, -0.1) is 0 Å². The summed E-state index contributed by atoms with van der Waals surface area (Å²) >= 11 is 0. The van der Waals surface area contributed by atoms with Crippen LogP contribution in [0.2, 0.25) is 0 Å². The largest absolute Gasteiger partial charge is 0.481 e. The van der Waals surface area contributed by atoms with Gasteiger partial charge < -0.3 is 24.8 Å². The van der Waals surface area contributed by atoms with Crippen LogP contribution in [-0.2, 0) is 19.1 Å². The summed E-state index contributed by atoms with van der Waals surface area (Å²) in [5.41, 5.74) is 3.38. The van der Waals surface area contributed by atoms with Gasteiger partial charge in [-0.3, -0.25) is 9.59 Å². The number of amides is 2. The molecule has 2 heterocycles. The van der Waals surface area contributed by atoms with Gasteiger partial charge in [0.2, 0.25) is 5.91 Å². The third-order valence-electron chi connectivity index (χ3n) is 6.96. The molecule has 172 valence electrons. The monoisotopic (exact) mass is 450 g/mol. The molecular weight excluding hydrogens is 424 g/mol. The zero-order valence-electron chi connectivity index (χ0n) is 18.2. The second-order valence-electron chi connectivity index (χ2n) is 8.89. The van der Waals surface area contributed by atoms with E-state index in [1.165, 1.54) is 4.90 Å². The highest BCUT2D eigenvalue weighted by atomic mass is 16.5. The Balaban J connectivity index is 1.28. The smallest absolute Gasteiger partial charge is 0.408 e. The van der Waals surface area contributed by atoms with Crippen LogP contribution in [0.5, 0.6) is 0 Å². The van der Waals surface area contributed by atoms with Gasteiger partial charge in [0, 0.05) is 45.1 Å². The third kappa shape index (κ3) is 3.84. The Bertz CT molecular complexity index is 1040. The number of benzene rings is 2. The number of rotatable bonds is 5. The van der Waals surface area contributed by atoms with E-state index in [-0.39, 0.29) is 31.5 Å². The molecule has 2 amide bonds. The Morgan fingerprint density at radius 1 is 1.00 bits per heavy atom. The number of aliphatic carboxylic acids is 1. The number of hydrogen-bond acceptors (Lipinski definition) is 5. The summed E-state index contributed by atoms with van der Waals surface area (Å²) in [6.45, 7) is 1.15. The molecule has 0 radical (unpaired) electrons. The average Bonchev–Trinajstić information content (AvgIpc) is 3.11. The van der Waals surface area contributed by atoms with Crippen LogP contribution in [0.4, 0.5) is 4.79 Å². The molecule has 1 aliphatic carbocycles. The van der Waals surface area contributed by atoms with Crippen LogP contribution in [0.15, 0.2) is 48.5 Å². The predicted octanol–water partition coefficient (Wildman–Crippen LogP) is 2.62. The molecule has 3 aliphatic rings. The number of ether oxygens (including phenoxy) is 2. The fourth-order valence-corrected chi connectivity index (χ4v) is 5.05. The van der Waals surface area contributed by atoms with Gasteiger partial charge in [0.25, 0.3) is 0 Å². The maximum Gasteiger partial charge on any atom is 0.408 e. The van der Waals surface area contributed by atoms with Crippen LogP contribution in [-0.4, -0.2) is 66.4 Å². The van der Waals surface area contributed by atoms with E-state index in [0.717, 1.165) is 22.3 Å². The topological polar surface area (TPSA) is 105 Å². The van der Waals surface area contributed by atoms with Crippen molar-refractivity contribution in [3.8, 4) is 11.1 Å². The number of fused-ring (bicyclic) bond motifs is 3. The summed E-state index contributed by atoms with van der Waals surface area (Å²) < 4.78 is 11.1. The fraction of sp³-hybridized carbons (Fsp3) is 0.400. The van der Waals surface area contributed by atoms with Gasteiger partial charge in [-0.2, -0.15) is 0 Å². The van der Waals surface area contributed by atoms with Crippen LogP contribution in [0.25, 0.3) is 11.1 Å². The van der Waals surface area contributed by atoms with Crippen LogP contribution in [0.1, 0.15) is 29.9 Å². The second-order valence-corrected chi connectivity index (χ2v) is 8.89. The Morgan fingerprint density at radius 2 is 1.58 bits per heavy atom.